The fraction of sp³-hybridized carbons (Fsp3) is 0.375. The fourth-order valence-electron chi connectivity index (χ4n) is 4.14. The van der Waals surface area contributed by atoms with Gasteiger partial charge in [0.05, 0.1) is 11.1 Å². The maximum Gasteiger partial charge on any atom is 0.261 e. The summed E-state index contributed by atoms with van der Waals surface area (Å²) in [6.07, 6.45) is 4.48. The molecule has 3 heterocycles. The number of nitrogens with one attached hydrogen (secondary N) is 1. The molecule has 2 aromatic rings. The molecule has 0 unspecified atom stereocenters. The Bertz CT molecular complexity index is 1060. The molecule has 8 heteroatoms. The van der Waals surface area contributed by atoms with Crippen LogP contribution in [0, 0.1) is 5.92 Å². The van der Waals surface area contributed by atoms with Crippen molar-refractivity contribution in [3.8, 4) is 0 Å². The minimum atomic E-state index is -0.351. The zero-order valence-electron chi connectivity index (χ0n) is 18.2. The molecular formula is C24H26N4O4. The zero-order valence-corrected chi connectivity index (χ0v) is 18.2. The molecule has 4 rings (SSSR count). The first-order valence-electron chi connectivity index (χ1n) is 10.9. The van der Waals surface area contributed by atoms with Crippen LogP contribution in [0.3, 0.4) is 0 Å². The molecule has 4 amide bonds. The molecule has 166 valence electrons. The number of pyridine rings is 1. The van der Waals surface area contributed by atoms with Crippen LogP contribution in [0.1, 0.15) is 68.1 Å². The van der Waals surface area contributed by atoms with Crippen LogP contribution < -0.4 is 5.32 Å². The Labute approximate surface area is 186 Å². The van der Waals surface area contributed by atoms with Crippen LogP contribution in [0.25, 0.3) is 0 Å². The van der Waals surface area contributed by atoms with Crippen LogP contribution in [0.15, 0.2) is 42.7 Å². The molecule has 2 aliphatic heterocycles. The molecule has 0 radical (unpaired) electrons. The van der Waals surface area contributed by atoms with Gasteiger partial charge in [0, 0.05) is 49.2 Å². The number of likely N-dealkylation sites (tertiary alicyclic amines) is 1. The second-order valence-corrected chi connectivity index (χ2v) is 8.65. The summed E-state index contributed by atoms with van der Waals surface area (Å²) in [6, 6.07) is 7.97. The summed E-state index contributed by atoms with van der Waals surface area (Å²) in [5.41, 5.74) is 1.58. The highest BCUT2D eigenvalue weighted by atomic mass is 16.2. The summed E-state index contributed by atoms with van der Waals surface area (Å²) in [7, 11) is 0. The second-order valence-electron chi connectivity index (χ2n) is 8.65. The Balaban J connectivity index is 1.37. The van der Waals surface area contributed by atoms with Gasteiger partial charge in [-0.1, -0.05) is 13.8 Å². The third-order valence-corrected chi connectivity index (χ3v) is 5.83. The molecule has 2 aliphatic rings. The van der Waals surface area contributed by atoms with Gasteiger partial charge in [0.15, 0.2) is 0 Å². The van der Waals surface area contributed by atoms with Crippen LogP contribution in [0.5, 0.6) is 0 Å². The maximum absolute atomic E-state index is 12.8. The van der Waals surface area contributed by atoms with Crippen LogP contribution in [-0.2, 0) is 0 Å². The number of hydrogen-bond acceptors (Lipinski definition) is 5. The van der Waals surface area contributed by atoms with Crippen molar-refractivity contribution in [3.63, 3.8) is 0 Å². The Kier molecular flexibility index (Phi) is 6.03. The van der Waals surface area contributed by atoms with E-state index in [1.54, 1.807) is 41.6 Å². The molecule has 1 aromatic heterocycles. The van der Waals surface area contributed by atoms with Crippen molar-refractivity contribution in [2.24, 2.45) is 5.92 Å². The molecule has 8 nitrogen and oxygen atoms in total. The fourth-order valence-corrected chi connectivity index (χ4v) is 4.14. The molecule has 1 aromatic carbocycles. The van der Waals surface area contributed by atoms with Gasteiger partial charge in [-0.3, -0.25) is 29.1 Å². The number of fused-ring (bicyclic) bond motifs is 1. The van der Waals surface area contributed by atoms with Gasteiger partial charge in [0.1, 0.15) is 0 Å². The number of nitrogens with zero attached hydrogens (tertiary/aromatic N) is 3. The van der Waals surface area contributed by atoms with Crippen molar-refractivity contribution < 1.29 is 19.2 Å². The second kappa shape index (κ2) is 8.90. The topological polar surface area (TPSA) is 99.7 Å². The zero-order chi connectivity index (χ0) is 22.8. The van der Waals surface area contributed by atoms with Crippen molar-refractivity contribution >= 4 is 23.6 Å². The molecule has 0 atom stereocenters. The van der Waals surface area contributed by atoms with E-state index >= 15 is 0 Å². The van der Waals surface area contributed by atoms with E-state index in [0.29, 0.717) is 49.2 Å². The van der Waals surface area contributed by atoms with Gasteiger partial charge in [-0.05, 0) is 49.1 Å². The standard InChI is InChI=1S/C24H26N4O4/c1-15(2)14-28-23(31)19-4-3-17(13-20(19)24(28)32)21(29)26-18-7-11-27(12-8-18)22(30)16-5-9-25-10-6-16/h3-6,9-10,13,15,18H,7-8,11-12,14H2,1-2H3,(H,26,29). The number of hydrogen-bond donors (Lipinski definition) is 1. The summed E-state index contributed by atoms with van der Waals surface area (Å²) in [5, 5.41) is 3.00. The van der Waals surface area contributed by atoms with Crippen molar-refractivity contribution in [1.82, 2.24) is 20.1 Å². The Hall–Kier alpha value is -3.55. The van der Waals surface area contributed by atoms with E-state index in [1.807, 2.05) is 13.8 Å². The molecule has 1 saturated heterocycles. The number of amides is 4. The van der Waals surface area contributed by atoms with E-state index in [-0.39, 0.29) is 41.2 Å². The molecule has 1 N–H and O–H groups in total. The number of imide groups is 1. The first-order valence-corrected chi connectivity index (χ1v) is 10.9. The van der Waals surface area contributed by atoms with Crippen LogP contribution in [0.4, 0.5) is 0 Å². The normalized spacial score (nSPS) is 16.5. The lowest BCUT2D eigenvalue weighted by Gasteiger charge is -2.32. The quantitative estimate of drug-likeness (QED) is 0.729. The van der Waals surface area contributed by atoms with Crippen LogP contribution >= 0.6 is 0 Å². The maximum atomic E-state index is 12.8. The van der Waals surface area contributed by atoms with Gasteiger partial charge in [-0.2, -0.15) is 0 Å². The largest absolute Gasteiger partial charge is 0.349 e. The number of aromatic nitrogens is 1. The Morgan fingerprint density at radius 3 is 2.31 bits per heavy atom. The smallest absolute Gasteiger partial charge is 0.261 e. The van der Waals surface area contributed by atoms with Gasteiger partial charge < -0.3 is 10.2 Å². The highest BCUT2D eigenvalue weighted by molar-refractivity contribution is 6.22. The number of carbonyl (C=O) groups is 4. The molecule has 0 spiro atoms. The summed E-state index contributed by atoms with van der Waals surface area (Å²) in [5.74, 6) is -0.816. The van der Waals surface area contributed by atoms with Crippen LogP contribution in [-0.4, -0.2) is 64.1 Å². The number of piperidine rings is 1. The highest BCUT2D eigenvalue weighted by Gasteiger charge is 2.36. The molecule has 0 saturated carbocycles. The van der Waals surface area contributed by atoms with Gasteiger partial charge in [0.2, 0.25) is 0 Å². The molecule has 0 aliphatic carbocycles. The minimum Gasteiger partial charge on any atom is -0.349 e. The van der Waals surface area contributed by atoms with E-state index in [2.05, 4.69) is 10.3 Å². The average molecular weight is 434 g/mol. The highest BCUT2D eigenvalue weighted by Crippen LogP contribution is 2.25. The summed E-state index contributed by atoms with van der Waals surface area (Å²) in [4.78, 5) is 57.5. The van der Waals surface area contributed by atoms with Crippen molar-refractivity contribution in [1.29, 1.82) is 0 Å². The first-order chi connectivity index (χ1) is 15.3. The predicted octanol–water partition coefficient (Wildman–Crippen LogP) is 2.37. The number of carbonyl (C=O) groups excluding carboxylic acids is 4. The van der Waals surface area contributed by atoms with E-state index in [9.17, 15) is 19.2 Å². The van der Waals surface area contributed by atoms with E-state index < -0.39 is 0 Å². The molecule has 1 fully saturated rings. The average Bonchev–Trinajstić information content (AvgIpc) is 3.03. The molecule has 32 heavy (non-hydrogen) atoms. The lowest BCUT2D eigenvalue weighted by atomic mass is 10.0. The van der Waals surface area contributed by atoms with E-state index in [0.717, 1.165) is 0 Å². The Morgan fingerprint density at radius 1 is 1.00 bits per heavy atom. The molecular weight excluding hydrogens is 408 g/mol. The van der Waals surface area contributed by atoms with Crippen molar-refractivity contribution in [2.45, 2.75) is 32.7 Å². The molecule has 0 bridgehead atoms. The van der Waals surface area contributed by atoms with Gasteiger partial charge in [-0.25, -0.2) is 0 Å². The summed E-state index contributed by atoms with van der Waals surface area (Å²) < 4.78 is 0. The van der Waals surface area contributed by atoms with Gasteiger partial charge in [-0.15, -0.1) is 0 Å². The van der Waals surface area contributed by atoms with Crippen molar-refractivity contribution in [3.05, 3.63) is 65.0 Å². The van der Waals surface area contributed by atoms with E-state index in [4.69, 9.17) is 0 Å². The lowest BCUT2D eigenvalue weighted by molar-refractivity contribution is 0.0634. The van der Waals surface area contributed by atoms with Gasteiger partial charge in [0.25, 0.3) is 23.6 Å². The first kappa shape index (κ1) is 21.7. The third-order valence-electron chi connectivity index (χ3n) is 5.83. The van der Waals surface area contributed by atoms with Crippen molar-refractivity contribution in [2.75, 3.05) is 19.6 Å². The minimum absolute atomic E-state index is 0.0371. The summed E-state index contributed by atoms with van der Waals surface area (Å²) >= 11 is 0. The number of rotatable bonds is 5. The monoisotopic (exact) mass is 434 g/mol. The van der Waals surface area contributed by atoms with E-state index in [1.165, 1.54) is 11.0 Å². The third kappa shape index (κ3) is 4.26. The predicted molar refractivity (Wildman–Crippen MR) is 117 cm³/mol. The SMILES string of the molecule is CC(C)CN1C(=O)c2ccc(C(=O)NC3CCN(C(=O)c4ccncc4)CC3)cc2C1=O. The summed E-state index contributed by atoms with van der Waals surface area (Å²) in [6.45, 7) is 5.34. The Morgan fingerprint density at radius 2 is 1.66 bits per heavy atom. The lowest BCUT2D eigenvalue weighted by Crippen LogP contribution is -2.46. The van der Waals surface area contributed by atoms with Crippen LogP contribution in [0.2, 0.25) is 0 Å². The number of benzene rings is 1. The van der Waals surface area contributed by atoms with Gasteiger partial charge >= 0.3 is 0 Å².